The van der Waals surface area contributed by atoms with Gasteiger partial charge >= 0.3 is 0 Å². The highest BCUT2D eigenvalue weighted by Crippen LogP contribution is 2.14. The van der Waals surface area contributed by atoms with Crippen LogP contribution in [-0.4, -0.2) is 5.91 Å². The molecule has 0 aliphatic heterocycles. The molecule has 2 nitrogen and oxygen atoms in total. The van der Waals surface area contributed by atoms with Gasteiger partial charge in [0.15, 0.2) is 0 Å². The molecule has 0 aromatic heterocycles. The minimum atomic E-state index is -0.917. The number of amides is 1. The number of carbonyl (C=O) groups excluding carboxylic acids is 1. The summed E-state index contributed by atoms with van der Waals surface area (Å²) in [4.78, 5) is 10.6. The smallest absolute Gasteiger partial charge is 0.251 e. The molecule has 0 aliphatic carbocycles. The molecule has 0 atom stereocenters. The van der Waals surface area contributed by atoms with Crippen molar-refractivity contribution in [3.05, 3.63) is 34.9 Å². The van der Waals surface area contributed by atoms with Gasteiger partial charge in [0, 0.05) is 6.07 Å². The largest absolute Gasteiger partial charge is 0.365 e. The molecule has 1 aromatic rings. The molecule has 1 aromatic carbocycles. The third kappa shape index (κ3) is 1.42. The highest BCUT2D eigenvalue weighted by atomic mass is 19.1. The lowest BCUT2D eigenvalue weighted by Gasteiger charge is -2.02. The second kappa shape index (κ2) is 2.89. The molecule has 1 rings (SSSR count). The van der Waals surface area contributed by atoms with Crippen LogP contribution in [0.1, 0.15) is 15.9 Å². The van der Waals surface area contributed by atoms with Gasteiger partial charge in [-0.05, 0) is 18.6 Å². The normalized spacial score (nSPS) is 9.92. The van der Waals surface area contributed by atoms with E-state index in [-0.39, 0.29) is 11.1 Å². The Balaban J connectivity index is 3.38. The lowest BCUT2D eigenvalue weighted by molar-refractivity contribution is 0.0996. The second-order valence-electron chi connectivity index (χ2n) is 2.44. The molecule has 0 fully saturated rings. The number of benzene rings is 1. The van der Waals surface area contributed by atoms with E-state index in [9.17, 15) is 13.6 Å². The van der Waals surface area contributed by atoms with Gasteiger partial charge in [0.25, 0.3) is 5.91 Å². The number of nitrogens with two attached hydrogens (primary N) is 1. The Morgan fingerprint density at radius 3 is 2.42 bits per heavy atom. The summed E-state index contributed by atoms with van der Waals surface area (Å²) < 4.78 is 25.3. The number of rotatable bonds is 1. The third-order valence-electron chi connectivity index (χ3n) is 1.50. The Bertz CT molecular complexity index is 313. The highest BCUT2D eigenvalue weighted by molar-refractivity contribution is 5.94. The summed E-state index contributed by atoms with van der Waals surface area (Å²) in [7, 11) is 0. The van der Waals surface area contributed by atoms with Gasteiger partial charge in [0.2, 0.25) is 0 Å². The first-order valence-corrected chi connectivity index (χ1v) is 3.28. The van der Waals surface area contributed by atoms with E-state index in [0.717, 1.165) is 6.07 Å². The molecule has 4 heteroatoms. The molecule has 0 saturated heterocycles. The Labute approximate surface area is 68.0 Å². The molecule has 0 saturated carbocycles. The van der Waals surface area contributed by atoms with Crippen LogP contribution in [0.5, 0.6) is 0 Å². The molecule has 0 aliphatic rings. The van der Waals surface area contributed by atoms with Crippen molar-refractivity contribution < 1.29 is 13.6 Å². The molecule has 0 heterocycles. The van der Waals surface area contributed by atoms with Crippen LogP contribution in [0.25, 0.3) is 0 Å². The van der Waals surface area contributed by atoms with Gasteiger partial charge < -0.3 is 5.73 Å². The zero-order chi connectivity index (χ0) is 9.30. The predicted molar refractivity (Wildman–Crippen MR) is 39.6 cm³/mol. The van der Waals surface area contributed by atoms with Crippen LogP contribution in [0.15, 0.2) is 12.1 Å². The van der Waals surface area contributed by atoms with Crippen LogP contribution in [0.2, 0.25) is 0 Å². The van der Waals surface area contributed by atoms with Crippen LogP contribution < -0.4 is 5.73 Å². The van der Waals surface area contributed by atoms with Crippen molar-refractivity contribution >= 4 is 5.91 Å². The molecular formula is C8H7F2NO. The molecule has 0 radical (unpaired) electrons. The lowest BCUT2D eigenvalue weighted by Crippen LogP contribution is -2.15. The van der Waals surface area contributed by atoms with Crippen molar-refractivity contribution in [2.75, 3.05) is 0 Å². The van der Waals surface area contributed by atoms with E-state index < -0.39 is 17.5 Å². The summed E-state index contributed by atoms with van der Waals surface area (Å²) in [6.07, 6.45) is 0. The first kappa shape index (κ1) is 8.64. The standard InChI is InChI=1S/C8H7F2NO/c1-4-2-5(9)3-6(10)7(4)8(11)12/h2-3H,1H3,(H2,11,12). The van der Waals surface area contributed by atoms with Gasteiger partial charge in [-0.15, -0.1) is 0 Å². The summed E-state index contributed by atoms with van der Waals surface area (Å²) in [5.74, 6) is -2.51. The zero-order valence-electron chi connectivity index (χ0n) is 6.40. The Hall–Kier alpha value is -1.45. The van der Waals surface area contributed by atoms with Gasteiger partial charge in [-0.2, -0.15) is 0 Å². The number of hydrogen-bond donors (Lipinski definition) is 1. The van der Waals surface area contributed by atoms with Gasteiger partial charge in [-0.3, -0.25) is 4.79 Å². The fourth-order valence-electron chi connectivity index (χ4n) is 1.01. The van der Waals surface area contributed by atoms with Crippen LogP contribution in [0, 0.1) is 18.6 Å². The Morgan fingerprint density at radius 1 is 1.42 bits per heavy atom. The summed E-state index contributed by atoms with van der Waals surface area (Å²) in [5.41, 5.74) is 4.82. The fourth-order valence-corrected chi connectivity index (χ4v) is 1.01. The third-order valence-corrected chi connectivity index (χ3v) is 1.50. The van der Waals surface area contributed by atoms with E-state index in [1.165, 1.54) is 6.92 Å². The van der Waals surface area contributed by atoms with Crippen LogP contribution in [-0.2, 0) is 0 Å². The van der Waals surface area contributed by atoms with E-state index in [0.29, 0.717) is 6.07 Å². The molecule has 0 bridgehead atoms. The first-order valence-electron chi connectivity index (χ1n) is 3.28. The number of aryl methyl sites for hydroxylation is 1. The van der Waals surface area contributed by atoms with Crippen molar-refractivity contribution in [2.24, 2.45) is 5.73 Å². The molecule has 64 valence electrons. The van der Waals surface area contributed by atoms with Gasteiger partial charge in [-0.25, -0.2) is 8.78 Å². The van der Waals surface area contributed by atoms with Crippen LogP contribution >= 0.6 is 0 Å². The summed E-state index contributed by atoms with van der Waals surface area (Å²) in [6, 6.07) is 1.69. The van der Waals surface area contributed by atoms with E-state index in [1.807, 2.05) is 0 Å². The highest BCUT2D eigenvalue weighted by Gasteiger charge is 2.12. The van der Waals surface area contributed by atoms with E-state index in [1.54, 1.807) is 0 Å². The SMILES string of the molecule is Cc1cc(F)cc(F)c1C(N)=O. The van der Waals surface area contributed by atoms with Crippen molar-refractivity contribution in [3.8, 4) is 0 Å². The number of carbonyl (C=O) groups is 1. The monoisotopic (exact) mass is 171 g/mol. The maximum absolute atomic E-state index is 12.8. The summed E-state index contributed by atoms with van der Waals surface area (Å²) in [6.45, 7) is 1.42. The minimum Gasteiger partial charge on any atom is -0.365 e. The van der Waals surface area contributed by atoms with Crippen molar-refractivity contribution in [1.82, 2.24) is 0 Å². The van der Waals surface area contributed by atoms with E-state index in [4.69, 9.17) is 5.73 Å². The molecular weight excluding hydrogens is 164 g/mol. The van der Waals surface area contributed by atoms with E-state index >= 15 is 0 Å². The lowest BCUT2D eigenvalue weighted by atomic mass is 10.1. The molecule has 1 amide bonds. The van der Waals surface area contributed by atoms with E-state index in [2.05, 4.69) is 0 Å². The number of hydrogen-bond acceptors (Lipinski definition) is 1. The summed E-state index contributed by atoms with van der Waals surface area (Å²) >= 11 is 0. The number of halogens is 2. The van der Waals surface area contributed by atoms with Gasteiger partial charge in [0.1, 0.15) is 11.6 Å². The molecule has 2 N–H and O–H groups in total. The van der Waals surface area contributed by atoms with Crippen LogP contribution in [0.3, 0.4) is 0 Å². The minimum absolute atomic E-state index is 0.208. The summed E-state index contributed by atoms with van der Waals surface area (Å²) in [5, 5.41) is 0. The van der Waals surface area contributed by atoms with Gasteiger partial charge in [0.05, 0.1) is 5.56 Å². The van der Waals surface area contributed by atoms with Crippen LogP contribution in [0.4, 0.5) is 8.78 Å². The molecule has 0 spiro atoms. The average molecular weight is 171 g/mol. The van der Waals surface area contributed by atoms with Crippen molar-refractivity contribution in [1.29, 1.82) is 0 Å². The fraction of sp³-hybridized carbons (Fsp3) is 0.125. The van der Waals surface area contributed by atoms with Crippen molar-refractivity contribution in [3.63, 3.8) is 0 Å². The first-order chi connectivity index (χ1) is 5.52. The maximum Gasteiger partial charge on any atom is 0.251 e. The zero-order valence-corrected chi connectivity index (χ0v) is 6.40. The average Bonchev–Trinajstić information content (AvgIpc) is 1.82. The second-order valence-corrected chi connectivity index (χ2v) is 2.44. The Morgan fingerprint density at radius 2 is 2.00 bits per heavy atom. The number of primary amides is 1. The Kier molecular flexibility index (Phi) is 2.08. The predicted octanol–water partition coefficient (Wildman–Crippen LogP) is 1.37. The maximum atomic E-state index is 12.8. The molecule has 0 unspecified atom stereocenters. The topological polar surface area (TPSA) is 43.1 Å². The quantitative estimate of drug-likeness (QED) is 0.681. The van der Waals surface area contributed by atoms with Gasteiger partial charge in [-0.1, -0.05) is 0 Å². The van der Waals surface area contributed by atoms with Crippen molar-refractivity contribution in [2.45, 2.75) is 6.92 Å². The molecule has 12 heavy (non-hydrogen) atoms.